The summed E-state index contributed by atoms with van der Waals surface area (Å²) < 4.78 is 4.68. The molecule has 0 saturated heterocycles. The molecule has 0 heterocycles. The molecule has 0 unspecified atom stereocenters. The molecule has 0 aliphatic heterocycles. The quantitative estimate of drug-likeness (QED) is 0.476. The third-order valence-corrected chi connectivity index (χ3v) is 2.59. The molecule has 0 spiro atoms. The van der Waals surface area contributed by atoms with Gasteiger partial charge >= 0.3 is 5.97 Å². The van der Waals surface area contributed by atoms with Crippen LogP contribution in [0.25, 0.3) is 0 Å². The van der Waals surface area contributed by atoms with Crippen LogP contribution in [0.15, 0.2) is 0 Å². The molecule has 0 aromatic heterocycles. The number of hydrogen-bond acceptors (Lipinski definition) is 3. The summed E-state index contributed by atoms with van der Waals surface area (Å²) in [4.78, 5) is 11.3. The Morgan fingerprint density at radius 2 is 1.75 bits per heavy atom. The Morgan fingerprint density at radius 3 is 2.17 bits per heavy atom. The summed E-state index contributed by atoms with van der Waals surface area (Å²) in [6.07, 6.45) is 6.03. The van der Waals surface area contributed by atoms with Crippen LogP contribution in [0.2, 0.25) is 0 Å². The van der Waals surface area contributed by atoms with Crippen LogP contribution in [0.3, 0.4) is 0 Å². The molecule has 0 bridgehead atoms. The van der Waals surface area contributed by atoms with Gasteiger partial charge in [-0.25, -0.2) is 0 Å². The average molecular weight is 171 g/mol. The van der Waals surface area contributed by atoms with Crippen molar-refractivity contribution in [3.8, 4) is 0 Å². The topological polar surface area (TPSA) is 52.3 Å². The number of rotatable bonds is 1. The number of carbonyl (C=O) groups excluding carboxylic acids is 1. The van der Waals surface area contributed by atoms with Crippen LogP contribution < -0.4 is 5.73 Å². The van der Waals surface area contributed by atoms with Gasteiger partial charge in [-0.15, -0.1) is 0 Å². The molecule has 0 amide bonds. The summed E-state index contributed by atoms with van der Waals surface area (Å²) in [5.74, 6) is -0.246. The zero-order valence-electron chi connectivity index (χ0n) is 7.64. The van der Waals surface area contributed by atoms with Crippen molar-refractivity contribution >= 4 is 5.97 Å². The maximum absolute atomic E-state index is 11.3. The van der Waals surface area contributed by atoms with Crippen molar-refractivity contribution in [2.24, 2.45) is 5.73 Å². The molecule has 0 aromatic carbocycles. The molecule has 1 aliphatic carbocycles. The van der Waals surface area contributed by atoms with Crippen LogP contribution in [0.1, 0.15) is 38.5 Å². The Bertz CT molecular complexity index is 160. The van der Waals surface area contributed by atoms with Gasteiger partial charge in [0.15, 0.2) is 0 Å². The lowest BCUT2D eigenvalue weighted by Crippen LogP contribution is -2.48. The molecule has 70 valence electrons. The molecule has 0 aromatic rings. The second kappa shape index (κ2) is 3.90. The van der Waals surface area contributed by atoms with Crippen molar-refractivity contribution in [3.05, 3.63) is 0 Å². The zero-order valence-corrected chi connectivity index (χ0v) is 7.64. The molecule has 1 saturated carbocycles. The fourth-order valence-corrected chi connectivity index (χ4v) is 1.77. The lowest BCUT2D eigenvalue weighted by Gasteiger charge is -2.24. The first-order valence-electron chi connectivity index (χ1n) is 4.56. The van der Waals surface area contributed by atoms with Gasteiger partial charge in [0.25, 0.3) is 0 Å². The van der Waals surface area contributed by atoms with E-state index in [2.05, 4.69) is 4.74 Å². The van der Waals surface area contributed by atoms with E-state index in [0.717, 1.165) is 25.7 Å². The van der Waals surface area contributed by atoms with E-state index in [1.54, 1.807) is 0 Å². The van der Waals surface area contributed by atoms with E-state index in [4.69, 9.17) is 5.73 Å². The fourth-order valence-electron chi connectivity index (χ4n) is 1.77. The standard InChI is InChI=1S/C9H17NO2/c1-12-8(11)9(10)6-4-2-3-5-7-9/h2-7,10H2,1H3. The molecule has 0 radical (unpaired) electrons. The van der Waals surface area contributed by atoms with Crippen LogP contribution in [0, 0.1) is 0 Å². The lowest BCUT2D eigenvalue weighted by molar-refractivity contribution is -0.147. The van der Waals surface area contributed by atoms with Gasteiger partial charge in [0.2, 0.25) is 0 Å². The predicted molar refractivity (Wildman–Crippen MR) is 46.6 cm³/mol. The first kappa shape index (κ1) is 9.52. The summed E-state index contributed by atoms with van der Waals surface area (Å²) in [5.41, 5.74) is 5.25. The highest BCUT2D eigenvalue weighted by atomic mass is 16.5. The van der Waals surface area contributed by atoms with E-state index in [-0.39, 0.29) is 5.97 Å². The van der Waals surface area contributed by atoms with Gasteiger partial charge < -0.3 is 10.5 Å². The minimum absolute atomic E-state index is 0.246. The van der Waals surface area contributed by atoms with Gasteiger partial charge in [0, 0.05) is 0 Å². The second-order valence-corrected chi connectivity index (χ2v) is 3.56. The highest BCUT2D eigenvalue weighted by molar-refractivity contribution is 5.80. The van der Waals surface area contributed by atoms with Crippen LogP contribution in [-0.2, 0) is 9.53 Å². The summed E-state index contributed by atoms with van der Waals surface area (Å²) in [6, 6.07) is 0. The Balaban J connectivity index is 2.59. The minimum atomic E-state index is -0.689. The van der Waals surface area contributed by atoms with Gasteiger partial charge in [0.05, 0.1) is 7.11 Å². The average Bonchev–Trinajstić information content (AvgIpc) is 2.29. The second-order valence-electron chi connectivity index (χ2n) is 3.56. The number of methoxy groups -OCH3 is 1. The first-order chi connectivity index (χ1) is 5.69. The fraction of sp³-hybridized carbons (Fsp3) is 0.889. The predicted octanol–water partition coefficient (Wildman–Crippen LogP) is 1.21. The lowest BCUT2D eigenvalue weighted by atomic mass is 9.92. The molecule has 12 heavy (non-hydrogen) atoms. The third kappa shape index (κ3) is 1.97. The van der Waals surface area contributed by atoms with Crippen molar-refractivity contribution in [1.29, 1.82) is 0 Å². The van der Waals surface area contributed by atoms with Gasteiger partial charge in [-0.05, 0) is 12.8 Å². The van der Waals surface area contributed by atoms with Crippen LogP contribution in [0.5, 0.6) is 0 Å². The number of ether oxygens (including phenoxy) is 1. The van der Waals surface area contributed by atoms with E-state index in [9.17, 15) is 4.79 Å². The highest BCUT2D eigenvalue weighted by Gasteiger charge is 2.35. The van der Waals surface area contributed by atoms with Crippen molar-refractivity contribution in [2.45, 2.75) is 44.1 Å². The zero-order chi connectivity index (χ0) is 9.03. The largest absolute Gasteiger partial charge is 0.468 e. The van der Waals surface area contributed by atoms with E-state index < -0.39 is 5.54 Å². The Morgan fingerprint density at radius 1 is 1.25 bits per heavy atom. The molecule has 1 aliphatic rings. The molecular formula is C9H17NO2. The van der Waals surface area contributed by atoms with Gasteiger partial charge in [-0.1, -0.05) is 25.7 Å². The first-order valence-corrected chi connectivity index (χ1v) is 4.56. The molecule has 1 fully saturated rings. The SMILES string of the molecule is COC(=O)C1(N)CCCCCC1. The number of carbonyl (C=O) groups is 1. The summed E-state index contributed by atoms with van der Waals surface area (Å²) in [7, 11) is 1.40. The minimum Gasteiger partial charge on any atom is -0.468 e. The maximum atomic E-state index is 11.3. The van der Waals surface area contributed by atoms with E-state index in [0.29, 0.717) is 0 Å². The summed E-state index contributed by atoms with van der Waals surface area (Å²) in [5, 5.41) is 0. The highest BCUT2D eigenvalue weighted by Crippen LogP contribution is 2.25. The third-order valence-electron chi connectivity index (χ3n) is 2.59. The number of hydrogen-bond donors (Lipinski definition) is 1. The van der Waals surface area contributed by atoms with Crippen molar-refractivity contribution in [1.82, 2.24) is 0 Å². The van der Waals surface area contributed by atoms with Gasteiger partial charge in [0.1, 0.15) is 5.54 Å². The summed E-state index contributed by atoms with van der Waals surface area (Å²) in [6.45, 7) is 0. The Hall–Kier alpha value is -0.570. The molecule has 3 nitrogen and oxygen atoms in total. The molecule has 0 atom stereocenters. The number of nitrogens with two attached hydrogens (primary N) is 1. The monoisotopic (exact) mass is 171 g/mol. The van der Waals surface area contributed by atoms with Crippen molar-refractivity contribution < 1.29 is 9.53 Å². The molecule has 2 N–H and O–H groups in total. The Kier molecular flexibility index (Phi) is 3.09. The number of esters is 1. The van der Waals surface area contributed by atoms with Crippen LogP contribution in [0.4, 0.5) is 0 Å². The van der Waals surface area contributed by atoms with E-state index >= 15 is 0 Å². The maximum Gasteiger partial charge on any atom is 0.325 e. The van der Waals surface area contributed by atoms with Gasteiger partial charge in [-0.3, -0.25) is 4.79 Å². The Labute approximate surface area is 73.3 Å². The van der Waals surface area contributed by atoms with E-state index in [1.165, 1.54) is 20.0 Å². The smallest absolute Gasteiger partial charge is 0.325 e. The molecular weight excluding hydrogens is 154 g/mol. The summed E-state index contributed by atoms with van der Waals surface area (Å²) >= 11 is 0. The van der Waals surface area contributed by atoms with Crippen molar-refractivity contribution in [3.63, 3.8) is 0 Å². The van der Waals surface area contributed by atoms with E-state index in [1.807, 2.05) is 0 Å². The van der Waals surface area contributed by atoms with Gasteiger partial charge in [-0.2, -0.15) is 0 Å². The molecule has 3 heteroatoms. The normalized spacial score (nSPS) is 22.8. The van der Waals surface area contributed by atoms with Crippen LogP contribution >= 0.6 is 0 Å². The van der Waals surface area contributed by atoms with Crippen LogP contribution in [-0.4, -0.2) is 18.6 Å². The van der Waals surface area contributed by atoms with Crippen molar-refractivity contribution in [2.75, 3.05) is 7.11 Å². The molecule has 1 rings (SSSR count).